The van der Waals surface area contributed by atoms with Crippen LogP contribution in [0.25, 0.3) is 0 Å². The van der Waals surface area contributed by atoms with E-state index in [1.807, 2.05) is 0 Å². The summed E-state index contributed by atoms with van der Waals surface area (Å²) < 4.78 is 4.96. The summed E-state index contributed by atoms with van der Waals surface area (Å²) >= 11 is 0. The fourth-order valence-electron chi connectivity index (χ4n) is 2.80. The van der Waals surface area contributed by atoms with Gasteiger partial charge in [-0.1, -0.05) is 12.8 Å². The van der Waals surface area contributed by atoms with Gasteiger partial charge in [0.15, 0.2) is 5.76 Å². The Balaban J connectivity index is 1.95. The van der Waals surface area contributed by atoms with E-state index in [0.29, 0.717) is 12.8 Å². The molecule has 22 heavy (non-hydrogen) atoms. The molecule has 3 N–H and O–H groups in total. The number of aliphatic carboxylic acids is 1. The van der Waals surface area contributed by atoms with Crippen molar-refractivity contribution in [2.45, 2.75) is 50.6 Å². The molecule has 0 aromatic carbocycles. The van der Waals surface area contributed by atoms with E-state index in [1.54, 1.807) is 13.0 Å². The molecule has 1 saturated carbocycles. The quantitative estimate of drug-likeness (QED) is 0.734. The number of nitrogens with one attached hydrogen (secondary N) is 2. The molecule has 1 unspecified atom stereocenters. The van der Waals surface area contributed by atoms with Crippen LogP contribution in [0.1, 0.15) is 49.6 Å². The van der Waals surface area contributed by atoms with E-state index in [9.17, 15) is 14.4 Å². The predicted molar refractivity (Wildman–Crippen MR) is 77.2 cm³/mol. The number of amides is 2. The van der Waals surface area contributed by atoms with Gasteiger partial charge in [0.1, 0.15) is 6.04 Å². The van der Waals surface area contributed by atoms with E-state index in [2.05, 4.69) is 10.6 Å². The van der Waals surface area contributed by atoms with Crippen LogP contribution >= 0.6 is 0 Å². The lowest BCUT2D eigenvalue weighted by atomic mass is 9.93. The van der Waals surface area contributed by atoms with Crippen molar-refractivity contribution in [1.82, 2.24) is 10.6 Å². The van der Waals surface area contributed by atoms with Gasteiger partial charge >= 0.3 is 5.97 Å². The zero-order chi connectivity index (χ0) is 16.2. The average molecular weight is 308 g/mol. The third kappa shape index (κ3) is 3.87. The number of hydrogen-bond acceptors (Lipinski definition) is 4. The first-order chi connectivity index (χ1) is 10.4. The molecule has 1 aromatic heterocycles. The normalized spacial score (nSPS) is 17.7. The summed E-state index contributed by atoms with van der Waals surface area (Å²) in [7, 11) is 0. The van der Waals surface area contributed by atoms with Crippen LogP contribution in [0.3, 0.4) is 0 Å². The van der Waals surface area contributed by atoms with Gasteiger partial charge in [-0.2, -0.15) is 0 Å². The molecule has 0 aliphatic heterocycles. The number of hydrogen-bond donors (Lipinski definition) is 3. The molecule has 7 nitrogen and oxygen atoms in total. The number of carbonyl (C=O) groups is 3. The maximum Gasteiger partial charge on any atom is 0.305 e. The second kappa shape index (κ2) is 6.64. The molecule has 0 saturated heterocycles. The van der Waals surface area contributed by atoms with Gasteiger partial charge in [0.2, 0.25) is 5.91 Å². The molecule has 2 amide bonds. The number of carboxylic acids is 1. The molecule has 1 fully saturated rings. The van der Waals surface area contributed by atoms with Crippen LogP contribution in [-0.4, -0.2) is 34.5 Å². The van der Waals surface area contributed by atoms with Crippen LogP contribution in [0.15, 0.2) is 22.8 Å². The molecule has 0 spiro atoms. The number of carbonyl (C=O) groups excluding carboxylic acids is 2. The monoisotopic (exact) mass is 308 g/mol. The van der Waals surface area contributed by atoms with Crippen molar-refractivity contribution in [3.63, 3.8) is 0 Å². The highest BCUT2D eigenvalue weighted by atomic mass is 16.4. The first-order valence-corrected chi connectivity index (χ1v) is 7.30. The minimum atomic E-state index is -0.936. The van der Waals surface area contributed by atoms with Crippen LogP contribution in [0.2, 0.25) is 0 Å². The lowest BCUT2D eigenvalue weighted by molar-refractivity contribution is -0.139. The summed E-state index contributed by atoms with van der Waals surface area (Å²) in [6, 6.07) is 2.31. The minimum Gasteiger partial charge on any atom is -0.481 e. The van der Waals surface area contributed by atoms with Crippen LogP contribution in [-0.2, 0) is 9.59 Å². The van der Waals surface area contributed by atoms with E-state index >= 15 is 0 Å². The van der Waals surface area contributed by atoms with Gasteiger partial charge in [0.05, 0.1) is 18.2 Å². The zero-order valence-corrected chi connectivity index (χ0v) is 12.4. The van der Waals surface area contributed by atoms with Crippen molar-refractivity contribution >= 4 is 17.8 Å². The third-order valence-electron chi connectivity index (χ3n) is 3.92. The SMILES string of the molecule is CC(NC(=O)c1ccco1)C(=O)NC1(CC(=O)O)CCCC1. The number of carboxylic acid groups (broad SMARTS) is 1. The fraction of sp³-hybridized carbons (Fsp3) is 0.533. The van der Waals surface area contributed by atoms with Crippen molar-refractivity contribution in [3.05, 3.63) is 24.2 Å². The summed E-state index contributed by atoms with van der Waals surface area (Å²) in [6.07, 6.45) is 4.34. The van der Waals surface area contributed by atoms with E-state index in [1.165, 1.54) is 12.3 Å². The molecule has 120 valence electrons. The summed E-state index contributed by atoms with van der Waals surface area (Å²) in [6.45, 7) is 1.56. The Bertz CT molecular complexity index is 546. The lowest BCUT2D eigenvalue weighted by Crippen LogP contribution is -2.54. The first-order valence-electron chi connectivity index (χ1n) is 7.30. The summed E-state index contributed by atoms with van der Waals surface area (Å²) in [5, 5.41) is 14.4. The molecule has 1 aromatic rings. The van der Waals surface area contributed by atoms with Crippen molar-refractivity contribution in [2.24, 2.45) is 0 Å². The van der Waals surface area contributed by atoms with Gasteiger partial charge in [-0.05, 0) is 31.9 Å². The molecule has 1 aliphatic rings. The maximum absolute atomic E-state index is 12.2. The van der Waals surface area contributed by atoms with Crippen LogP contribution < -0.4 is 10.6 Å². The Labute approximate surface area is 128 Å². The Hall–Kier alpha value is -2.31. The van der Waals surface area contributed by atoms with Gasteiger partial charge in [-0.25, -0.2) is 0 Å². The van der Waals surface area contributed by atoms with Crippen molar-refractivity contribution < 1.29 is 23.9 Å². The van der Waals surface area contributed by atoms with E-state index in [0.717, 1.165) is 12.8 Å². The first kappa shape index (κ1) is 16.1. The fourth-order valence-corrected chi connectivity index (χ4v) is 2.80. The Morgan fingerprint density at radius 1 is 1.36 bits per heavy atom. The smallest absolute Gasteiger partial charge is 0.305 e. The average Bonchev–Trinajstić information content (AvgIpc) is 3.09. The number of furan rings is 1. The van der Waals surface area contributed by atoms with Crippen LogP contribution in [0, 0.1) is 0 Å². The van der Waals surface area contributed by atoms with E-state index < -0.39 is 23.5 Å². The largest absolute Gasteiger partial charge is 0.481 e. The lowest BCUT2D eigenvalue weighted by Gasteiger charge is -2.30. The predicted octanol–water partition coefficient (Wildman–Crippen LogP) is 1.30. The summed E-state index contributed by atoms with van der Waals surface area (Å²) in [4.78, 5) is 35.1. The minimum absolute atomic E-state index is 0.0996. The van der Waals surface area contributed by atoms with Gasteiger partial charge in [-0.15, -0.1) is 0 Å². The van der Waals surface area contributed by atoms with Crippen molar-refractivity contribution in [2.75, 3.05) is 0 Å². The van der Waals surface area contributed by atoms with Crippen LogP contribution in [0.4, 0.5) is 0 Å². The van der Waals surface area contributed by atoms with Crippen molar-refractivity contribution in [1.29, 1.82) is 0 Å². The summed E-state index contributed by atoms with van der Waals surface area (Å²) in [5.74, 6) is -1.68. The Morgan fingerprint density at radius 3 is 2.59 bits per heavy atom. The topological polar surface area (TPSA) is 109 Å². The molecule has 2 rings (SSSR count). The Kier molecular flexibility index (Phi) is 4.85. The highest BCUT2D eigenvalue weighted by Crippen LogP contribution is 2.32. The molecule has 1 heterocycles. The summed E-state index contributed by atoms with van der Waals surface area (Å²) in [5.41, 5.74) is -0.702. The van der Waals surface area contributed by atoms with Gasteiger partial charge < -0.3 is 20.2 Å². The highest BCUT2D eigenvalue weighted by Gasteiger charge is 2.38. The molecule has 7 heteroatoms. The Morgan fingerprint density at radius 2 is 2.05 bits per heavy atom. The highest BCUT2D eigenvalue weighted by molar-refractivity contribution is 5.95. The second-order valence-electron chi connectivity index (χ2n) is 5.72. The van der Waals surface area contributed by atoms with E-state index in [-0.39, 0.29) is 18.1 Å². The molecule has 1 atom stereocenters. The van der Waals surface area contributed by atoms with Gasteiger partial charge in [0, 0.05) is 0 Å². The standard InChI is InChI=1S/C15H20N2O5/c1-10(16-14(21)11-5-4-8-22-11)13(20)17-15(9-12(18)19)6-2-3-7-15/h4-5,8,10H,2-3,6-7,9H2,1H3,(H,16,21)(H,17,20)(H,18,19). The zero-order valence-electron chi connectivity index (χ0n) is 12.4. The van der Waals surface area contributed by atoms with Gasteiger partial charge in [-0.3, -0.25) is 14.4 Å². The molecular weight excluding hydrogens is 288 g/mol. The van der Waals surface area contributed by atoms with E-state index in [4.69, 9.17) is 9.52 Å². The molecule has 1 aliphatic carbocycles. The third-order valence-corrected chi connectivity index (χ3v) is 3.92. The maximum atomic E-state index is 12.2. The van der Waals surface area contributed by atoms with Crippen LogP contribution in [0.5, 0.6) is 0 Å². The molecular formula is C15H20N2O5. The van der Waals surface area contributed by atoms with Crippen molar-refractivity contribution in [3.8, 4) is 0 Å². The second-order valence-corrected chi connectivity index (χ2v) is 5.72. The molecule has 0 radical (unpaired) electrons. The molecule has 0 bridgehead atoms. The van der Waals surface area contributed by atoms with Gasteiger partial charge in [0.25, 0.3) is 5.91 Å². The number of rotatable bonds is 6.